The molecule has 1 aromatic carbocycles. The molecule has 10 nitrogen and oxygen atoms in total. The number of hydrogen-bond acceptors (Lipinski definition) is 7. The number of aliphatic hydroxyl groups excluding tert-OH is 2. The molecule has 35 heavy (non-hydrogen) atoms. The van der Waals surface area contributed by atoms with Crippen molar-refractivity contribution in [1.82, 2.24) is 14.9 Å². The fourth-order valence-corrected chi connectivity index (χ4v) is 5.14. The Morgan fingerprint density at radius 3 is 2.26 bits per heavy atom. The number of piperidine rings is 1. The van der Waals surface area contributed by atoms with Gasteiger partial charge in [-0.25, -0.2) is 8.42 Å². The second kappa shape index (κ2) is 13.1. The predicted molar refractivity (Wildman–Crippen MR) is 130 cm³/mol. The smallest absolute Gasteiger partial charge is 0.287 e. The number of ketones is 1. The van der Waals surface area contributed by atoms with E-state index in [1.165, 1.54) is 18.2 Å². The summed E-state index contributed by atoms with van der Waals surface area (Å²) in [7, 11) is -3.46. The van der Waals surface area contributed by atoms with Crippen molar-refractivity contribution in [2.24, 2.45) is 5.41 Å². The van der Waals surface area contributed by atoms with Crippen LogP contribution < -0.4 is 10.6 Å². The van der Waals surface area contributed by atoms with Crippen LogP contribution in [0.1, 0.15) is 51.5 Å². The zero-order valence-corrected chi connectivity index (χ0v) is 21.3. The lowest BCUT2D eigenvalue weighted by Gasteiger charge is -2.27. The summed E-state index contributed by atoms with van der Waals surface area (Å²) >= 11 is 0. The highest BCUT2D eigenvalue weighted by Gasteiger charge is 2.33. The SMILES string of the molecule is CC(C)(CO)C(O)C(=O)NCCC(=O)C(=O)NCCCc1ccc(S(=O)(=O)N2CCCCC2)cc1. The molecule has 1 aliphatic rings. The van der Waals surface area contributed by atoms with Crippen LogP contribution in [0.15, 0.2) is 29.2 Å². The van der Waals surface area contributed by atoms with Crippen molar-refractivity contribution in [2.45, 2.75) is 63.4 Å². The number of carbonyl (C=O) groups is 3. The summed E-state index contributed by atoms with van der Waals surface area (Å²) in [5.74, 6) is -2.15. The third kappa shape index (κ3) is 8.38. The fourth-order valence-electron chi connectivity index (χ4n) is 3.63. The van der Waals surface area contributed by atoms with E-state index in [4.69, 9.17) is 0 Å². The molecule has 0 bridgehead atoms. The second-order valence-electron chi connectivity index (χ2n) is 9.48. The van der Waals surface area contributed by atoms with E-state index in [2.05, 4.69) is 10.6 Å². The lowest BCUT2D eigenvalue weighted by molar-refractivity contribution is -0.139. The summed E-state index contributed by atoms with van der Waals surface area (Å²) in [6.45, 7) is 3.95. The number of hydrogen-bond donors (Lipinski definition) is 4. The third-order valence-corrected chi connectivity index (χ3v) is 8.02. The molecule has 1 aliphatic heterocycles. The van der Waals surface area contributed by atoms with Crippen LogP contribution >= 0.6 is 0 Å². The van der Waals surface area contributed by atoms with Gasteiger partial charge < -0.3 is 20.8 Å². The Kier molecular flexibility index (Phi) is 10.8. The van der Waals surface area contributed by atoms with Gasteiger partial charge in [-0.2, -0.15) is 4.31 Å². The molecule has 0 radical (unpaired) electrons. The first-order valence-electron chi connectivity index (χ1n) is 12.0. The number of Topliss-reactive ketones (excluding diaryl/α,β-unsaturated/α-hetero) is 1. The Morgan fingerprint density at radius 2 is 1.66 bits per heavy atom. The topological polar surface area (TPSA) is 153 Å². The Labute approximate surface area is 207 Å². The zero-order valence-electron chi connectivity index (χ0n) is 20.5. The largest absolute Gasteiger partial charge is 0.396 e. The van der Waals surface area contributed by atoms with Gasteiger partial charge in [0.15, 0.2) is 0 Å². The van der Waals surface area contributed by atoms with E-state index in [0.717, 1.165) is 24.8 Å². The summed E-state index contributed by atoms with van der Waals surface area (Å²) in [4.78, 5) is 36.1. The first-order valence-corrected chi connectivity index (χ1v) is 13.4. The number of amides is 2. The van der Waals surface area contributed by atoms with Crippen LogP contribution in [-0.2, 0) is 30.8 Å². The van der Waals surface area contributed by atoms with E-state index in [9.17, 15) is 33.0 Å². The van der Waals surface area contributed by atoms with Gasteiger partial charge in [0.05, 0.1) is 11.5 Å². The van der Waals surface area contributed by atoms with E-state index in [0.29, 0.717) is 25.9 Å². The van der Waals surface area contributed by atoms with E-state index in [1.807, 2.05) is 0 Å². The van der Waals surface area contributed by atoms with Gasteiger partial charge in [-0.1, -0.05) is 32.4 Å². The minimum absolute atomic E-state index is 0.101. The molecule has 2 amide bonds. The van der Waals surface area contributed by atoms with E-state index in [-0.39, 0.29) is 31.0 Å². The minimum atomic E-state index is -3.46. The second-order valence-corrected chi connectivity index (χ2v) is 11.4. The molecule has 0 spiro atoms. The average molecular weight is 512 g/mol. The van der Waals surface area contributed by atoms with Gasteiger partial charge in [0.1, 0.15) is 6.10 Å². The van der Waals surface area contributed by atoms with Crippen LogP contribution in [-0.4, -0.2) is 79.4 Å². The Morgan fingerprint density at radius 1 is 1.03 bits per heavy atom. The maximum absolute atomic E-state index is 12.7. The standard InChI is InChI=1S/C24H37N3O7S/c1-24(2,17-28)21(30)23(32)26-14-12-20(29)22(31)25-13-6-7-18-8-10-19(11-9-18)35(33,34)27-15-4-3-5-16-27/h8-11,21,28,30H,3-7,12-17H2,1-2H3,(H,25,31)(H,26,32). The molecule has 2 rings (SSSR count). The molecule has 0 aliphatic carbocycles. The first kappa shape index (κ1) is 28.9. The molecule has 196 valence electrons. The quantitative estimate of drug-likeness (QED) is 0.220. The Bertz CT molecular complexity index is 971. The maximum Gasteiger partial charge on any atom is 0.287 e. The van der Waals surface area contributed by atoms with Gasteiger partial charge >= 0.3 is 0 Å². The van der Waals surface area contributed by atoms with E-state index >= 15 is 0 Å². The number of carbonyl (C=O) groups excluding carboxylic acids is 3. The van der Waals surface area contributed by atoms with Crippen molar-refractivity contribution in [3.8, 4) is 0 Å². The lowest BCUT2D eigenvalue weighted by atomic mass is 9.87. The summed E-state index contributed by atoms with van der Waals surface area (Å²) in [6, 6.07) is 6.74. The maximum atomic E-state index is 12.7. The van der Waals surface area contributed by atoms with Crippen molar-refractivity contribution < 1.29 is 33.0 Å². The third-order valence-electron chi connectivity index (χ3n) is 6.10. The number of aryl methyl sites for hydroxylation is 1. The summed E-state index contributed by atoms with van der Waals surface area (Å²) < 4.78 is 26.9. The normalized spacial score (nSPS) is 15.9. The minimum Gasteiger partial charge on any atom is -0.396 e. The molecule has 1 atom stereocenters. The Hall–Kier alpha value is -2.34. The van der Waals surface area contributed by atoms with Crippen LogP contribution in [0.2, 0.25) is 0 Å². The molecule has 4 N–H and O–H groups in total. The van der Waals surface area contributed by atoms with Crippen LogP contribution in [0.25, 0.3) is 0 Å². The van der Waals surface area contributed by atoms with Gasteiger partial charge in [0.2, 0.25) is 21.7 Å². The van der Waals surface area contributed by atoms with E-state index < -0.39 is 39.1 Å². The molecular formula is C24H37N3O7S. The molecule has 1 saturated heterocycles. The first-order chi connectivity index (χ1) is 16.5. The summed E-state index contributed by atoms with van der Waals surface area (Å²) in [5, 5.41) is 24.0. The molecule has 1 unspecified atom stereocenters. The molecule has 0 saturated carbocycles. The molecule has 1 fully saturated rings. The van der Waals surface area contributed by atoms with Crippen LogP contribution in [0.3, 0.4) is 0 Å². The van der Waals surface area contributed by atoms with Crippen molar-refractivity contribution in [2.75, 3.05) is 32.8 Å². The van der Waals surface area contributed by atoms with Gasteiger partial charge in [-0.15, -0.1) is 0 Å². The lowest BCUT2D eigenvalue weighted by Crippen LogP contribution is -2.46. The number of nitrogens with one attached hydrogen (secondary N) is 2. The fraction of sp³-hybridized carbons (Fsp3) is 0.625. The predicted octanol–water partition coefficient (Wildman–Crippen LogP) is 0.365. The highest BCUT2D eigenvalue weighted by Crippen LogP contribution is 2.21. The highest BCUT2D eigenvalue weighted by molar-refractivity contribution is 7.89. The van der Waals surface area contributed by atoms with Gasteiger partial charge in [-0.05, 0) is 43.4 Å². The monoisotopic (exact) mass is 511 g/mol. The van der Waals surface area contributed by atoms with Crippen LogP contribution in [0.4, 0.5) is 0 Å². The van der Waals surface area contributed by atoms with Gasteiger partial charge in [0.25, 0.3) is 5.91 Å². The molecule has 11 heteroatoms. The number of sulfonamides is 1. The van der Waals surface area contributed by atoms with E-state index in [1.54, 1.807) is 24.3 Å². The van der Waals surface area contributed by atoms with Gasteiger partial charge in [0, 0.05) is 38.0 Å². The number of nitrogens with zero attached hydrogens (tertiary/aromatic N) is 1. The van der Waals surface area contributed by atoms with Crippen LogP contribution in [0.5, 0.6) is 0 Å². The molecule has 1 heterocycles. The highest BCUT2D eigenvalue weighted by atomic mass is 32.2. The summed E-state index contributed by atoms with van der Waals surface area (Å²) in [6.07, 6.45) is 2.34. The molecule has 1 aromatic rings. The number of rotatable bonds is 13. The summed E-state index contributed by atoms with van der Waals surface area (Å²) in [5.41, 5.74) is -0.0943. The van der Waals surface area contributed by atoms with Crippen molar-refractivity contribution >= 4 is 27.6 Å². The van der Waals surface area contributed by atoms with Crippen molar-refractivity contribution in [1.29, 1.82) is 0 Å². The molecule has 0 aromatic heterocycles. The van der Waals surface area contributed by atoms with Crippen LogP contribution in [0, 0.1) is 5.41 Å². The Balaban J connectivity index is 1.69. The van der Waals surface area contributed by atoms with Crippen molar-refractivity contribution in [3.05, 3.63) is 29.8 Å². The zero-order chi connectivity index (χ0) is 26.1. The average Bonchev–Trinajstić information content (AvgIpc) is 2.86. The number of benzene rings is 1. The van der Waals surface area contributed by atoms with Gasteiger partial charge in [-0.3, -0.25) is 14.4 Å². The van der Waals surface area contributed by atoms with Crippen molar-refractivity contribution in [3.63, 3.8) is 0 Å². The number of aliphatic hydroxyl groups is 2. The molecular weight excluding hydrogens is 474 g/mol.